The number of hydrogen-bond acceptors (Lipinski definition) is 3. The fourth-order valence-corrected chi connectivity index (χ4v) is 3.10. The molecule has 0 bridgehead atoms. The first-order valence-corrected chi connectivity index (χ1v) is 11.1. The third kappa shape index (κ3) is 3.56. The van der Waals surface area contributed by atoms with Gasteiger partial charge in [-0.15, -0.1) is 0 Å². The number of rotatable bonds is 6. The zero-order valence-corrected chi connectivity index (χ0v) is 14.6. The molecule has 0 unspecified atom stereocenters. The smallest absolute Gasteiger partial charge is 0.152 e. The summed E-state index contributed by atoms with van der Waals surface area (Å²) in [5.41, 5.74) is 1.46. The van der Waals surface area contributed by atoms with E-state index in [1.54, 1.807) is 16.9 Å². The Bertz CT molecular complexity index is 619. The van der Waals surface area contributed by atoms with Gasteiger partial charge in [-0.1, -0.05) is 35.6 Å². The molecule has 4 nitrogen and oxygen atoms in total. The van der Waals surface area contributed by atoms with Crippen molar-refractivity contribution in [1.29, 1.82) is 0 Å². The van der Waals surface area contributed by atoms with Gasteiger partial charge in [0.25, 0.3) is 0 Å². The molecule has 2 rings (SSSR count). The highest BCUT2D eigenvalue weighted by molar-refractivity contribution is 9.10. The first-order chi connectivity index (χ1) is 9.42. The molecule has 108 valence electrons. The van der Waals surface area contributed by atoms with Crippen molar-refractivity contribution in [3.05, 3.63) is 28.4 Å². The number of fused-ring (bicyclic) bond motifs is 1. The molecular weight excluding hydrogens is 336 g/mol. The van der Waals surface area contributed by atoms with E-state index in [0.717, 1.165) is 34.3 Å². The van der Waals surface area contributed by atoms with Crippen molar-refractivity contribution in [3.8, 4) is 0 Å². The lowest BCUT2D eigenvalue weighted by Gasteiger charge is -2.15. The molecule has 0 saturated carbocycles. The van der Waals surface area contributed by atoms with Crippen molar-refractivity contribution in [2.45, 2.75) is 32.4 Å². The minimum absolute atomic E-state index is 0.380. The zero-order valence-electron chi connectivity index (χ0n) is 12.0. The number of nitrogens with zero attached hydrogens (tertiary/aromatic N) is 2. The molecular formula is C14H19BrN2O2Si. The molecule has 1 aromatic heterocycles. The number of benzene rings is 1. The van der Waals surface area contributed by atoms with Crippen molar-refractivity contribution in [2.24, 2.45) is 0 Å². The van der Waals surface area contributed by atoms with Crippen LogP contribution in [0.5, 0.6) is 0 Å². The van der Waals surface area contributed by atoms with Crippen LogP contribution in [0.2, 0.25) is 25.7 Å². The van der Waals surface area contributed by atoms with Gasteiger partial charge in [-0.05, 0) is 18.2 Å². The summed E-state index contributed by atoms with van der Waals surface area (Å²) in [7, 11) is -1.08. The number of carbonyl (C=O) groups is 1. The number of hydrogen-bond donors (Lipinski definition) is 0. The Hall–Kier alpha value is -0.983. The molecule has 0 spiro atoms. The lowest BCUT2D eigenvalue weighted by Crippen LogP contribution is -2.22. The predicted octanol–water partition coefficient (Wildman–Crippen LogP) is 3.92. The summed E-state index contributed by atoms with van der Waals surface area (Å²) in [5, 5.41) is 5.25. The van der Waals surface area contributed by atoms with Crippen LogP contribution in [0.4, 0.5) is 0 Å². The van der Waals surface area contributed by atoms with Crippen LogP contribution in [0.3, 0.4) is 0 Å². The summed E-state index contributed by atoms with van der Waals surface area (Å²) in [5.74, 6) is 0. The number of carbonyl (C=O) groups excluding carboxylic acids is 1. The molecule has 2 aromatic rings. The van der Waals surface area contributed by atoms with Gasteiger partial charge in [0, 0.05) is 30.1 Å². The van der Waals surface area contributed by atoms with Crippen molar-refractivity contribution in [2.75, 3.05) is 6.61 Å². The molecule has 1 aromatic carbocycles. The minimum Gasteiger partial charge on any atom is -0.360 e. The lowest BCUT2D eigenvalue weighted by molar-refractivity contribution is 0.0816. The molecule has 0 aliphatic rings. The third-order valence-electron chi connectivity index (χ3n) is 3.12. The van der Waals surface area contributed by atoms with Gasteiger partial charge < -0.3 is 4.74 Å². The van der Waals surface area contributed by atoms with E-state index in [2.05, 4.69) is 40.7 Å². The Morgan fingerprint density at radius 3 is 2.80 bits per heavy atom. The number of aromatic nitrogens is 2. The fraction of sp³-hybridized carbons (Fsp3) is 0.429. The van der Waals surface area contributed by atoms with Gasteiger partial charge in [-0.2, -0.15) is 5.10 Å². The van der Waals surface area contributed by atoms with Crippen LogP contribution in [0.1, 0.15) is 10.4 Å². The second-order valence-electron chi connectivity index (χ2n) is 6.01. The normalized spacial score (nSPS) is 12.0. The summed E-state index contributed by atoms with van der Waals surface area (Å²) in [6.45, 7) is 8.08. The molecule has 0 radical (unpaired) electrons. The van der Waals surface area contributed by atoms with Gasteiger partial charge in [-0.3, -0.25) is 4.79 Å². The molecule has 0 amide bonds. The Kier molecular flexibility index (Phi) is 4.77. The first kappa shape index (κ1) is 15.4. The molecule has 0 aliphatic heterocycles. The van der Waals surface area contributed by atoms with Gasteiger partial charge >= 0.3 is 0 Å². The number of aldehydes is 1. The van der Waals surface area contributed by atoms with Crippen LogP contribution in [-0.2, 0) is 11.5 Å². The van der Waals surface area contributed by atoms with E-state index in [-0.39, 0.29) is 0 Å². The molecule has 0 aliphatic carbocycles. The molecule has 6 heteroatoms. The highest BCUT2D eigenvalue weighted by Gasteiger charge is 2.13. The molecule has 0 saturated heterocycles. The zero-order chi connectivity index (χ0) is 14.8. The lowest BCUT2D eigenvalue weighted by atomic mass is 10.2. The maximum absolute atomic E-state index is 11.2. The summed E-state index contributed by atoms with van der Waals surface area (Å²) in [6, 6.07) is 4.78. The summed E-state index contributed by atoms with van der Waals surface area (Å²) < 4.78 is 8.39. The van der Waals surface area contributed by atoms with Gasteiger partial charge in [0.05, 0.1) is 11.7 Å². The largest absolute Gasteiger partial charge is 0.360 e. The van der Waals surface area contributed by atoms with Crippen molar-refractivity contribution < 1.29 is 9.53 Å². The van der Waals surface area contributed by atoms with Crippen molar-refractivity contribution >= 4 is 41.2 Å². The Morgan fingerprint density at radius 1 is 1.40 bits per heavy atom. The number of halogens is 1. The Morgan fingerprint density at radius 2 is 2.15 bits per heavy atom. The molecule has 0 N–H and O–H groups in total. The second-order valence-corrected chi connectivity index (χ2v) is 12.5. The summed E-state index contributed by atoms with van der Waals surface area (Å²) in [6.07, 6.45) is 2.61. The third-order valence-corrected chi connectivity index (χ3v) is 5.51. The molecule has 0 atom stereocenters. The summed E-state index contributed by atoms with van der Waals surface area (Å²) in [4.78, 5) is 11.2. The summed E-state index contributed by atoms with van der Waals surface area (Å²) >= 11 is 3.48. The fourth-order valence-electron chi connectivity index (χ4n) is 1.92. The van der Waals surface area contributed by atoms with Gasteiger partial charge in [0.2, 0.25) is 0 Å². The van der Waals surface area contributed by atoms with Gasteiger partial charge in [0.15, 0.2) is 6.29 Å². The van der Waals surface area contributed by atoms with Crippen molar-refractivity contribution in [3.63, 3.8) is 0 Å². The van der Waals surface area contributed by atoms with Gasteiger partial charge in [0.1, 0.15) is 6.73 Å². The van der Waals surface area contributed by atoms with Crippen LogP contribution < -0.4 is 0 Å². The highest BCUT2D eigenvalue weighted by atomic mass is 79.9. The van der Waals surface area contributed by atoms with Gasteiger partial charge in [-0.25, -0.2) is 4.68 Å². The topological polar surface area (TPSA) is 44.1 Å². The Balaban J connectivity index is 2.15. The predicted molar refractivity (Wildman–Crippen MR) is 86.9 cm³/mol. The van der Waals surface area contributed by atoms with E-state index in [1.807, 2.05) is 6.07 Å². The van der Waals surface area contributed by atoms with E-state index in [1.165, 1.54) is 0 Å². The maximum Gasteiger partial charge on any atom is 0.152 e. The molecule has 20 heavy (non-hydrogen) atoms. The van der Waals surface area contributed by atoms with Crippen LogP contribution >= 0.6 is 15.9 Å². The van der Waals surface area contributed by atoms with Crippen LogP contribution in [0.15, 0.2) is 22.8 Å². The number of ether oxygens (including phenoxy) is 1. The van der Waals surface area contributed by atoms with Crippen LogP contribution in [0.25, 0.3) is 10.9 Å². The second kappa shape index (κ2) is 6.20. The monoisotopic (exact) mass is 354 g/mol. The van der Waals surface area contributed by atoms with Crippen LogP contribution in [-0.4, -0.2) is 30.7 Å². The first-order valence-electron chi connectivity index (χ1n) is 6.59. The van der Waals surface area contributed by atoms with E-state index in [0.29, 0.717) is 12.3 Å². The maximum atomic E-state index is 11.2. The Labute approximate surface area is 128 Å². The quantitative estimate of drug-likeness (QED) is 0.448. The molecule has 1 heterocycles. The average Bonchev–Trinajstić information content (AvgIpc) is 2.79. The molecule has 0 fully saturated rings. The van der Waals surface area contributed by atoms with Crippen LogP contribution in [0, 0.1) is 0 Å². The van der Waals surface area contributed by atoms with E-state index >= 15 is 0 Å². The van der Waals surface area contributed by atoms with Crippen molar-refractivity contribution in [1.82, 2.24) is 9.78 Å². The average molecular weight is 355 g/mol. The highest BCUT2D eigenvalue weighted by Crippen LogP contribution is 2.26. The SMILES string of the molecule is C[Si](C)(C)CCOCn1ncc2c(Br)ccc(C=O)c21. The standard InChI is InChI=1S/C14H19BrN2O2Si/c1-20(2,3)7-6-19-10-17-14-11(9-18)4-5-13(15)12(14)8-16-17/h4-5,8-9H,6-7,10H2,1-3H3. The van der Waals surface area contributed by atoms with E-state index in [4.69, 9.17) is 4.74 Å². The minimum atomic E-state index is -1.08. The van der Waals surface area contributed by atoms with E-state index < -0.39 is 8.07 Å². The van der Waals surface area contributed by atoms with E-state index in [9.17, 15) is 4.79 Å².